The number of methoxy groups -OCH3 is 1. The first-order valence-corrected chi connectivity index (χ1v) is 8.34. The van der Waals surface area contributed by atoms with Gasteiger partial charge in [-0.05, 0) is 22.8 Å². The number of benzene rings is 3. The lowest BCUT2D eigenvalue weighted by Gasteiger charge is -2.17. The number of Topliss-reactive ketones (excluding diaryl/α,β-unsaturated/α-hetero) is 1. The van der Waals surface area contributed by atoms with Crippen LogP contribution in [0.4, 0.5) is 0 Å². The summed E-state index contributed by atoms with van der Waals surface area (Å²) in [6, 6.07) is 23.0. The van der Waals surface area contributed by atoms with Crippen LogP contribution in [0.15, 0.2) is 72.8 Å². The molecule has 1 unspecified atom stereocenters. The van der Waals surface area contributed by atoms with Crippen molar-refractivity contribution in [2.45, 2.75) is 18.8 Å². The van der Waals surface area contributed by atoms with Crippen molar-refractivity contribution in [2.75, 3.05) is 7.11 Å². The van der Waals surface area contributed by atoms with Crippen LogP contribution in [0.25, 0.3) is 10.8 Å². The summed E-state index contributed by atoms with van der Waals surface area (Å²) in [4.78, 5) is 24.8. The summed E-state index contributed by atoms with van der Waals surface area (Å²) in [7, 11) is 1.39. The fourth-order valence-electron chi connectivity index (χ4n) is 3.14. The molecule has 0 aliphatic rings. The Morgan fingerprint density at radius 2 is 1.56 bits per heavy atom. The number of esters is 1. The standard InChI is InChI=1S/C22H20O3/c1-25-22(24)20(14-15-21(23)17-9-3-2-4-10-17)19-13-7-11-16-8-5-6-12-18(16)19/h2-13,20H,14-15H2,1H3. The molecule has 0 bridgehead atoms. The van der Waals surface area contributed by atoms with E-state index >= 15 is 0 Å². The lowest BCUT2D eigenvalue weighted by molar-refractivity contribution is -0.142. The maximum atomic E-state index is 12.4. The molecular formula is C22H20O3. The Morgan fingerprint density at radius 1 is 0.880 bits per heavy atom. The van der Waals surface area contributed by atoms with Crippen molar-refractivity contribution in [3.8, 4) is 0 Å². The minimum absolute atomic E-state index is 0.0368. The van der Waals surface area contributed by atoms with Gasteiger partial charge in [-0.3, -0.25) is 9.59 Å². The van der Waals surface area contributed by atoms with Crippen molar-refractivity contribution in [1.82, 2.24) is 0 Å². The van der Waals surface area contributed by atoms with Gasteiger partial charge in [0.05, 0.1) is 13.0 Å². The molecule has 0 amide bonds. The van der Waals surface area contributed by atoms with Crippen molar-refractivity contribution in [2.24, 2.45) is 0 Å². The van der Waals surface area contributed by atoms with E-state index in [-0.39, 0.29) is 11.8 Å². The molecule has 25 heavy (non-hydrogen) atoms. The van der Waals surface area contributed by atoms with Gasteiger partial charge in [0.1, 0.15) is 0 Å². The first-order chi connectivity index (χ1) is 12.2. The van der Waals surface area contributed by atoms with Crippen LogP contribution in [0.1, 0.15) is 34.7 Å². The molecule has 126 valence electrons. The Hall–Kier alpha value is -2.94. The van der Waals surface area contributed by atoms with Gasteiger partial charge in [-0.25, -0.2) is 0 Å². The highest BCUT2D eigenvalue weighted by Crippen LogP contribution is 2.30. The molecule has 0 aliphatic heterocycles. The third-order valence-corrected chi connectivity index (χ3v) is 4.44. The lowest BCUT2D eigenvalue weighted by atomic mass is 9.88. The van der Waals surface area contributed by atoms with E-state index in [0.717, 1.165) is 16.3 Å². The Kier molecular flexibility index (Phi) is 5.24. The zero-order valence-corrected chi connectivity index (χ0v) is 14.1. The molecule has 0 fully saturated rings. The van der Waals surface area contributed by atoms with Gasteiger partial charge in [0.25, 0.3) is 0 Å². The van der Waals surface area contributed by atoms with Crippen LogP contribution in [0.3, 0.4) is 0 Å². The van der Waals surface area contributed by atoms with Crippen LogP contribution in [0.5, 0.6) is 0 Å². The fourth-order valence-corrected chi connectivity index (χ4v) is 3.14. The molecule has 3 heteroatoms. The van der Waals surface area contributed by atoms with E-state index in [2.05, 4.69) is 0 Å². The molecular weight excluding hydrogens is 312 g/mol. The Labute approximate surface area is 147 Å². The summed E-state index contributed by atoms with van der Waals surface area (Å²) in [6.45, 7) is 0. The van der Waals surface area contributed by atoms with E-state index in [1.165, 1.54) is 7.11 Å². The minimum atomic E-state index is -0.455. The minimum Gasteiger partial charge on any atom is -0.469 e. The smallest absolute Gasteiger partial charge is 0.313 e. The molecule has 1 atom stereocenters. The molecule has 0 N–H and O–H groups in total. The highest BCUT2D eigenvalue weighted by Gasteiger charge is 2.24. The summed E-state index contributed by atoms with van der Waals surface area (Å²) in [5.41, 5.74) is 1.58. The molecule has 0 aromatic heterocycles. The van der Waals surface area contributed by atoms with Crippen LogP contribution < -0.4 is 0 Å². The van der Waals surface area contributed by atoms with Crippen LogP contribution in [0, 0.1) is 0 Å². The van der Waals surface area contributed by atoms with E-state index in [9.17, 15) is 9.59 Å². The van der Waals surface area contributed by atoms with Crippen LogP contribution in [-0.4, -0.2) is 18.9 Å². The van der Waals surface area contributed by atoms with Crippen molar-refractivity contribution >= 4 is 22.5 Å². The Morgan fingerprint density at radius 3 is 2.32 bits per heavy atom. The maximum Gasteiger partial charge on any atom is 0.313 e. The average molecular weight is 332 g/mol. The Bertz CT molecular complexity index is 879. The highest BCUT2D eigenvalue weighted by molar-refractivity contribution is 5.97. The van der Waals surface area contributed by atoms with Crippen LogP contribution in [-0.2, 0) is 9.53 Å². The molecule has 0 aliphatic carbocycles. The summed E-state index contributed by atoms with van der Waals surface area (Å²) in [5, 5.41) is 2.09. The molecule has 0 saturated heterocycles. The number of carbonyl (C=O) groups excluding carboxylic acids is 2. The van der Waals surface area contributed by atoms with Gasteiger partial charge in [0, 0.05) is 12.0 Å². The quantitative estimate of drug-likeness (QED) is 0.483. The van der Waals surface area contributed by atoms with E-state index in [1.807, 2.05) is 60.7 Å². The zero-order chi connectivity index (χ0) is 17.6. The number of ketones is 1. The summed E-state index contributed by atoms with van der Waals surface area (Å²) in [6.07, 6.45) is 0.724. The molecule has 0 radical (unpaired) electrons. The van der Waals surface area contributed by atoms with Crippen LogP contribution >= 0.6 is 0 Å². The predicted octanol–water partition coefficient (Wildman–Crippen LogP) is 4.76. The monoisotopic (exact) mass is 332 g/mol. The first-order valence-electron chi connectivity index (χ1n) is 8.34. The van der Waals surface area contributed by atoms with Crippen molar-refractivity contribution < 1.29 is 14.3 Å². The zero-order valence-electron chi connectivity index (χ0n) is 14.1. The first kappa shape index (κ1) is 16.9. The number of ether oxygens (including phenoxy) is 1. The van der Waals surface area contributed by atoms with Gasteiger partial charge in [-0.1, -0.05) is 72.8 Å². The van der Waals surface area contributed by atoms with Gasteiger partial charge in [0.15, 0.2) is 5.78 Å². The molecule has 3 aromatic carbocycles. The fraction of sp³-hybridized carbons (Fsp3) is 0.182. The van der Waals surface area contributed by atoms with E-state index < -0.39 is 5.92 Å². The van der Waals surface area contributed by atoms with Crippen molar-refractivity contribution in [3.05, 3.63) is 83.9 Å². The van der Waals surface area contributed by atoms with Gasteiger partial charge in [0.2, 0.25) is 0 Å². The number of carbonyl (C=O) groups is 2. The van der Waals surface area contributed by atoms with E-state index in [1.54, 1.807) is 12.1 Å². The summed E-state index contributed by atoms with van der Waals surface area (Å²) < 4.78 is 5.00. The number of fused-ring (bicyclic) bond motifs is 1. The number of hydrogen-bond acceptors (Lipinski definition) is 3. The average Bonchev–Trinajstić information content (AvgIpc) is 2.68. The van der Waals surface area contributed by atoms with E-state index in [0.29, 0.717) is 18.4 Å². The summed E-state index contributed by atoms with van der Waals surface area (Å²) in [5.74, 6) is -0.726. The SMILES string of the molecule is COC(=O)C(CCC(=O)c1ccccc1)c1cccc2ccccc12. The van der Waals surface area contributed by atoms with Gasteiger partial charge in [-0.2, -0.15) is 0 Å². The normalized spacial score (nSPS) is 11.9. The third kappa shape index (κ3) is 3.77. The summed E-state index contributed by atoms with van der Waals surface area (Å²) >= 11 is 0. The second kappa shape index (κ2) is 7.75. The predicted molar refractivity (Wildman–Crippen MR) is 98.7 cm³/mol. The molecule has 0 heterocycles. The van der Waals surface area contributed by atoms with Gasteiger partial charge in [-0.15, -0.1) is 0 Å². The third-order valence-electron chi connectivity index (χ3n) is 4.44. The molecule has 3 rings (SSSR count). The molecule has 3 aromatic rings. The van der Waals surface area contributed by atoms with Gasteiger partial charge < -0.3 is 4.74 Å². The van der Waals surface area contributed by atoms with Crippen molar-refractivity contribution in [1.29, 1.82) is 0 Å². The molecule has 0 spiro atoms. The van der Waals surface area contributed by atoms with Crippen LogP contribution in [0.2, 0.25) is 0 Å². The number of rotatable bonds is 6. The molecule has 0 saturated carbocycles. The largest absolute Gasteiger partial charge is 0.469 e. The Balaban J connectivity index is 1.87. The maximum absolute atomic E-state index is 12.4. The highest BCUT2D eigenvalue weighted by atomic mass is 16.5. The molecule has 3 nitrogen and oxygen atoms in total. The second-order valence-corrected chi connectivity index (χ2v) is 5.97. The van der Waals surface area contributed by atoms with Gasteiger partial charge >= 0.3 is 5.97 Å². The van der Waals surface area contributed by atoms with E-state index in [4.69, 9.17) is 4.74 Å². The second-order valence-electron chi connectivity index (χ2n) is 5.97. The van der Waals surface area contributed by atoms with Crippen molar-refractivity contribution in [3.63, 3.8) is 0 Å². The number of hydrogen-bond donors (Lipinski definition) is 0. The lowest BCUT2D eigenvalue weighted by Crippen LogP contribution is -2.16. The topological polar surface area (TPSA) is 43.4 Å².